The van der Waals surface area contributed by atoms with Crippen LogP contribution in [-0.4, -0.2) is 23.2 Å². The Bertz CT molecular complexity index is 610. The Hall–Kier alpha value is -2.56. The average molecular weight is 259 g/mol. The molecule has 0 spiro atoms. The normalized spacial score (nSPS) is 10.0. The lowest BCUT2D eigenvalue weighted by molar-refractivity contribution is 0.0693. The van der Waals surface area contributed by atoms with Crippen LogP contribution >= 0.6 is 0 Å². The summed E-state index contributed by atoms with van der Waals surface area (Å²) in [6.45, 7) is 1.83. The van der Waals surface area contributed by atoms with Crippen LogP contribution in [0.25, 0.3) is 0 Å². The highest BCUT2D eigenvalue weighted by Crippen LogP contribution is 2.28. The number of nitrogens with zero attached hydrogens (tertiary/aromatic N) is 1. The van der Waals surface area contributed by atoms with E-state index in [2.05, 4.69) is 4.98 Å². The third kappa shape index (κ3) is 3.01. The number of carboxylic acid groups (broad SMARTS) is 1. The van der Waals surface area contributed by atoms with E-state index in [1.807, 2.05) is 13.0 Å². The van der Waals surface area contributed by atoms with E-state index in [9.17, 15) is 4.79 Å². The maximum absolute atomic E-state index is 11.2. The van der Waals surface area contributed by atoms with E-state index >= 15 is 0 Å². The molecule has 0 radical (unpaired) electrons. The first-order valence-electron chi connectivity index (χ1n) is 5.63. The predicted octanol–water partition coefficient (Wildman–Crippen LogP) is 2.89. The SMILES string of the molecule is COc1ccc(Oc2cccc(C)n2)c(C(=O)O)c1. The Morgan fingerprint density at radius 3 is 2.68 bits per heavy atom. The number of hydrogen-bond acceptors (Lipinski definition) is 4. The zero-order valence-electron chi connectivity index (χ0n) is 10.6. The van der Waals surface area contributed by atoms with Crippen molar-refractivity contribution >= 4 is 5.97 Å². The minimum absolute atomic E-state index is 0.0302. The second kappa shape index (κ2) is 5.39. The molecule has 0 atom stereocenters. The van der Waals surface area contributed by atoms with Gasteiger partial charge in [-0.25, -0.2) is 9.78 Å². The van der Waals surface area contributed by atoms with Gasteiger partial charge in [-0.05, 0) is 31.2 Å². The van der Waals surface area contributed by atoms with Gasteiger partial charge in [0.05, 0.1) is 7.11 Å². The van der Waals surface area contributed by atoms with E-state index in [4.69, 9.17) is 14.6 Å². The molecule has 5 heteroatoms. The summed E-state index contributed by atoms with van der Waals surface area (Å²) >= 11 is 0. The molecule has 1 aromatic carbocycles. The van der Waals surface area contributed by atoms with Crippen molar-refractivity contribution in [3.63, 3.8) is 0 Å². The number of pyridine rings is 1. The molecule has 1 aromatic heterocycles. The van der Waals surface area contributed by atoms with Crippen LogP contribution in [-0.2, 0) is 0 Å². The van der Waals surface area contributed by atoms with Gasteiger partial charge >= 0.3 is 5.97 Å². The third-order valence-corrected chi connectivity index (χ3v) is 2.49. The quantitative estimate of drug-likeness (QED) is 0.914. The Labute approximate surface area is 110 Å². The van der Waals surface area contributed by atoms with Gasteiger partial charge in [-0.15, -0.1) is 0 Å². The molecule has 0 aliphatic heterocycles. The second-order valence-corrected chi connectivity index (χ2v) is 3.89. The van der Waals surface area contributed by atoms with Crippen LogP contribution in [0.1, 0.15) is 16.1 Å². The summed E-state index contributed by atoms with van der Waals surface area (Å²) in [6.07, 6.45) is 0. The van der Waals surface area contributed by atoms with Crippen molar-refractivity contribution in [2.75, 3.05) is 7.11 Å². The number of aryl methyl sites for hydroxylation is 1. The summed E-state index contributed by atoms with van der Waals surface area (Å²) in [5.74, 6) is -0.0393. The lowest BCUT2D eigenvalue weighted by atomic mass is 10.2. The van der Waals surface area contributed by atoms with Gasteiger partial charge in [0.25, 0.3) is 0 Å². The number of hydrogen-bond donors (Lipinski definition) is 1. The number of carboxylic acids is 1. The zero-order chi connectivity index (χ0) is 13.8. The Morgan fingerprint density at radius 1 is 1.26 bits per heavy atom. The summed E-state index contributed by atoms with van der Waals surface area (Å²) < 4.78 is 10.5. The van der Waals surface area contributed by atoms with Gasteiger partial charge in [0.2, 0.25) is 5.88 Å². The van der Waals surface area contributed by atoms with Crippen molar-refractivity contribution in [1.82, 2.24) is 4.98 Å². The first kappa shape index (κ1) is 12.9. The zero-order valence-corrected chi connectivity index (χ0v) is 10.6. The highest BCUT2D eigenvalue weighted by atomic mass is 16.5. The maximum Gasteiger partial charge on any atom is 0.339 e. The van der Waals surface area contributed by atoms with Gasteiger partial charge < -0.3 is 14.6 Å². The summed E-state index contributed by atoms with van der Waals surface area (Å²) in [6, 6.07) is 9.89. The van der Waals surface area contributed by atoms with Gasteiger partial charge in [-0.2, -0.15) is 0 Å². The van der Waals surface area contributed by atoms with Gasteiger partial charge in [-0.1, -0.05) is 6.07 Å². The molecule has 0 aliphatic rings. The lowest BCUT2D eigenvalue weighted by Gasteiger charge is -2.09. The lowest BCUT2D eigenvalue weighted by Crippen LogP contribution is -2.01. The highest BCUT2D eigenvalue weighted by Gasteiger charge is 2.14. The Morgan fingerprint density at radius 2 is 2.05 bits per heavy atom. The molecular weight excluding hydrogens is 246 g/mol. The summed E-state index contributed by atoms with van der Waals surface area (Å²) in [4.78, 5) is 15.4. The third-order valence-electron chi connectivity index (χ3n) is 2.49. The van der Waals surface area contributed by atoms with E-state index in [0.717, 1.165) is 5.69 Å². The van der Waals surface area contributed by atoms with Crippen molar-refractivity contribution in [2.45, 2.75) is 6.92 Å². The van der Waals surface area contributed by atoms with E-state index in [-0.39, 0.29) is 11.3 Å². The number of methoxy groups -OCH3 is 1. The molecule has 0 bridgehead atoms. The smallest absolute Gasteiger partial charge is 0.339 e. The molecule has 0 fully saturated rings. The molecule has 0 unspecified atom stereocenters. The van der Waals surface area contributed by atoms with E-state index in [1.165, 1.54) is 13.2 Å². The minimum atomic E-state index is -1.08. The topological polar surface area (TPSA) is 68.7 Å². The molecule has 19 heavy (non-hydrogen) atoms. The first-order valence-corrected chi connectivity index (χ1v) is 5.63. The monoisotopic (exact) mass is 259 g/mol. The Balaban J connectivity index is 2.36. The molecule has 0 saturated carbocycles. The van der Waals surface area contributed by atoms with Crippen LogP contribution in [0, 0.1) is 6.92 Å². The molecule has 5 nitrogen and oxygen atoms in total. The van der Waals surface area contributed by atoms with E-state index in [1.54, 1.807) is 24.3 Å². The van der Waals surface area contributed by atoms with Crippen LogP contribution < -0.4 is 9.47 Å². The van der Waals surface area contributed by atoms with Gasteiger partial charge in [0.15, 0.2) is 0 Å². The van der Waals surface area contributed by atoms with Crippen LogP contribution in [0.5, 0.6) is 17.4 Å². The molecule has 0 amide bonds. The van der Waals surface area contributed by atoms with Crippen molar-refractivity contribution in [3.05, 3.63) is 47.7 Å². The highest BCUT2D eigenvalue weighted by molar-refractivity contribution is 5.91. The average Bonchev–Trinajstić information content (AvgIpc) is 2.39. The van der Waals surface area contributed by atoms with E-state index < -0.39 is 5.97 Å². The molecule has 2 rings (SSSR count). The predicted molar refractivity (Wildman–Crippen MR) is 69.0 cm³/mol. The Kier molecular flexibility index (Phi) is 3.66. The molecule has 0 saturated heterocycles. The number of carbonyl (C=O) groups is 1. The number of rotatable bonds is 4. The van der Waals surface area contributed by atoms with Gasteiger partial charge in [0, 0.05) is 11.8 Å². The molecule has 1 N–H and O–H groups in total. The van der Waals surface area contributed by atoms with Crippen molar-refractivity contribution < 1.29 is 19.4 Å². The molecule has 2 aromatic rings. The van der Waals surface area contributed by atoms with Crippen molar-refractivity contribution in [1.29, 1.82) is 0 Å². The molecule has 0 aliphatic carbocycles. The largest absolute Gasteiger partial charge is 0.497 e. The van der Waals surface area contributed by atoms with Crippen LogP contribution in [0.4, 0.5) is 0 Å². The fraction of sp³-hybridized carbons (Fsp3) is 0.143. The first-order chi connectivity index (χ1) is 9.10. The fourth-order valence-corrected chi connectivity index (χ4v) is 1.58. The van der Waals surface area contributed by atoms with Crippen LogP contribution in [0.3, 0.4) is 0 Å². The van der Waals surface area contributed by atoms with Crippen molar-refractivity contribution in [2.24, 2.45) is 0 Å². The van der Waals surface area contributed by atoms with Crippen molar-refractivity contribution in [3.8, 4) is 17.4 Å². The summed E-state index contributed by atoms with van der Waals surface area (Å²) in [7, 11) is 1.48. The molecule has 1 heterocycles. The minimum Gasteiger partial charge on any atom is -0.497 e. The molecular formula is C14H13NO4. The second-order valence-electron chi connectivity index (χ2n) is 3.89. The molecule has 98 valence electrons. The number of aromatic carboxylic acids is 1. The fourth-order valence-electron chi connectivity index (χ4n) is 1.58. The van der Waals surface area contributed by atoms with Gasteiger partial charge in [0.1, 0.15) is 17.1 Å². The standard InChI is InChI=1S/C14H13NO4/c1-9-4-3-5-13(15-9)19-12-7-6-10(18-2)8-11(12)14(16)17/h3-8H,1-2H3,(H,16,17). The van der Waals surface area contributed by atoms with Gasteiger partial charge in [-0.3, -0.25) is 0 Å². The van der Waals surface area contributed by atoms with Crippen LogP contribution in [0.2, 0.25) is 0 Å². The van der Waals surface area contributed by atoms with E-state index in [0.29, 0.717) is 11.6 Å². The summed E-state index contributed by atoms with van der Waals surface area (Å²) in [5, 5.41) is 9.16. The van der Waals surface area contributed by atoms with Crippen LogP contribution in [0.15, 0.2) is 36.4 Å². The number of ether oxygens (including phenoxy) is 2. The summed E-state index contributed by atoms with van der Waals surface area (Å²) in [5.41, 5.74) is 0.825. The maximum atomic E-state index is 11.2. The number of benzene rings is 1. The number of aromatic nitrogens is 1.